The van der Waals surface area contributed by atoms with Crippen molar-refractivity contribution in [1.82, 2.24) is 0 Å². The Morgan fingerprint density at radius 3 is 1.62 bits per heavy atom. The van der Waals surface area contributed by atoms with E-state index in [0.717, 1.165) is 36.8 Å². The molecular weight excluding hydrogens is 268 g/mol. The maximum atomic E-state index is 13.1. The molecule has 0 aliphatic heterocycles. The van der Waals surface area contributed by atoms with Gasteiger partial charge in [0.25, 0.3) is 0 Å². The number of nitrogens with two attached hydrogens (primary N) is 1. The van der Waals surface area contributed by atoms with Crippen LogP contribution < -0.4 is 5.73 Å². The summed E-state index contributed by atoms with van der Waals surface area (Å²) in [5, 5.41) is 0. The first-order valence-electron chi connectivity index (χ1n) is 7.41. The average Bonchev–Trinajstić information content (AvgIpc) is 2.50. The quantitative estimate of drug-likeness (QED) is 0.740. The fraction of sp³-hybridized carbons (Fsp3) is 0.333. The zero-order valence-corrected chi connectivity index (χ0v) is 12.1. The summed E-state index contributed by atoms with van der Waals surface area (Å²) < 4.78 is 26.2. The highest BCUT2D eigenvalue weighted by atomic mass is 19.1. The maximum absolute atomic E-state index is 13.1. The molecule has 0 aliphatic rings. The standard InChI is InChI=1S/C18H21F2N/c19-16-9-5-14(6-10-16)18(4-2-1-3-13-21)15-7-11-17(20)12-8-15/h5-12,18H,1-4,13,21H2. The maximum Gasteiger partial charge on any atom is 0.123 e. The SMILES string of the molecule is NCCCCCC(c1ccc(F)cc1)c1ccc(F)cc1. The lowest BCUT2D eigenvalue weighted by Crippen LogP contribution is -2.03. The van der Waals surface area contributed by atoms with Gasteiger partial charge in [-0.3, -0.25) is 0 Å². The molecule has 0 amide bonds. The topological polar surface area (TPSA) is 26.0 Å². The van der Waals surface area contributed by atoms with Crippen LogP contribution >= 0.6 is 0 Å². The van der Waals surface area contributed by atoms with E-state index < -0.39 is 0 Å². The highest BCUT2D eigenvalue weighted by molar-refractivity contribution is 5.32. The van der Waals surface area contributed by atoms with Crippen LogP contribution in [0.4, 0.5) is 8.78 Å². The van der Waals surface area contributed by atoms with Crippen LogP contribution in [0, 0.1) is 11.6 Å². The Morgan fingerprint density at radius 1 is 0.714 bits per heavy atom. The van der Waals surface area contributed by atoms with Gasteiger partial charge in [0.15, 0.2) is 0 Å². The minimum absolute atomic E-state index is 0.170. The molecule has 2 aromatic rings. The molecule has 0 aliphatic carbocycles. The summed E-state index contributed by atoms with van der Waals surface area (Å²) in [6.45, 7) is 0.706. The van der Waals surface area contributed by atoms with E-state index in [1.807, 2.05) is 24.3 Å². The first-order valence-corrected chi connectivity index (χ1v) is 7.41. The van der Waals surface area contributed by atoms with Gasteiger partial charge in [0.2, 0.25) is 0 Å². The van der Waals surface area contributed by atoms with Crippen molar-refractivity contribution in [2.24, 2.45) is 5.73 Å². The molecule has 0 saturated carbocycles. The van der Waals surface area contributed by atoms with Gasteiger partial charge in [-0.15, -0.1) is 0 Å². The molecule has 0 radical (unpaired) electrons. The summed E-state index contributed by atoms with van der Waals surface area (Å²) in [6.07, 6.45) is 4.10. The molecule has 0 aromatic heterocycles. The molecule has 0 saturated heterocycles. The van der Waals surface area contributed by atoms with Gasteiger partial charge in [0.1, 0.15) is 11.6 Å². The first kappa shape index (κ1) is 15.6. The lowest BCUT2D eigenvalue weighted by Gasteiger charge is -2.18. The van der Waals surface area contributed by atoms with Crippen LogP contribution in [0.1, 0.15) is 42.7 Å². The highest BCUT2D eigenvalue weighted by Gasteiger charge is 2.14. The summed E-state index contributed by atoms with van der Waals surface area (Å²) in [5.74, 6) is -0.302. The van der Waals surface area contributed by atoms with Crippen molar-refractivity contribution in [3.63, 3.8) is 0 Å². The largest absolute Gasteiger partial charge is 0.330 e. The van der Waals surface area contributed by atoms with E-state index in [-0.39, 0.29) is 17.6 Å². The van der Waals surface area contributed by atoms with Crippen molar-refractivity contribution in [3.8, 4) is 0 Å². The van der Waals surface area contributed by atoms with E-state index in [9.17, 15) is 8.78 Å². The van der Waals surface area contributed by atoms with Crippen LogP contribution in [0.2, 0.25) is 0 Å². The second-order valence-corrected chi connectivity index (χ2v) is 5.29. The van der Waals surface area contributed by atoms with Crippen LogP contribution in [-0.4, -0.2) is 6.54 Å². The minimum atomic E-state index is -0.236. The monoisotopic (exact) mass is 289 g/mol. The summed E-state index contributed by atoms with van der Waals surface area (Å²) in [6, 6.07) is 13.2. The zero-order valence-electron chi connectivity index (χ0n) is 12.1. The Labute approximate surface area is 124 Å². The van der Waals surface area contributed by atoms with Crippen molar-refractivity contribution in [3.05, 3.63) is 71.3 Å². The second-order valence-electron chi connectivity index (χ2n) is 5.29. The van der Waals surface area contributed by atoms with Gasteiger partial charge in [-0.05, 0) is 54.8 Å². The molecule has 0 spiro atoms. The molecule has 112 valence electrons. The number of benzene rings is 2. The van der Waals surface area contributed by atoms with Crippen LogP contribution in [-0.2, 0) is 0 Å². The summed E-state index contributed by atoms with van der Waals surface area (Å²) in [5.41, 5.74) is 7.65. The zero-order chi connectivity index (χ0) is 15.1. The molecule has 0 unspecified atom stereocenters. The third kappa shape index (κ3) is 4.64. The van der Waals surface area contributed by atoms with Crippen molar-refractivity contribution in [2.45, 2.75) is 31.6 Å². The van der Waals surface area contributed by atoms with Crippen molar-refractivity contribution in [1.29, 1.82) is 0 Å². The number of unbranched alkanes of at least 4 members (excludes halogenated alkanes) is 2. The third-order valence-electron chi connectivity index (χ3n) is 3.74. The molecule has 2 N–H and O–H groups in total. The predicted octanol–water partition coefficient (Wildman–Crippen LogP) is 4.62. The molecule has 2 rings (SSSR count). The Balaban J connectivity index is 2.17. The molecule has 1 nitrogen and oxygen atoms in total. The van der Waals surface area contributed by atoms with Gasteiger partial charge in [-0.25, -0.2) is 8.78 Å². The van der Waals surface area contributed by atoms with Gasteiger partial charge in [0.05, 0.1) is 0 Å². The number of hydrogen-bond donors (Lipinski definition) is 1. The molecule has 2 aromatic carbocycles. The lowest BCUT2D eigenvalue weighted by molar-refractivity contribution is 0.598. The van der Waals surface area contributed by atoms with E-state index in [1.54, 1.807) is 0 Å². The van der Waals surface area contributed by atoms with Gasteiger partial charge < -0.3 is 5.73 Å². The number of hydrogen-bond acceptors (Lipinski definition) is 1. The van der Waals surface area contributed by atoms with E-state index in [2.05, 4.69) is 0 Å². The molecule has 0 bridgehead atoms. The summed E-state index contributed by atoms with van der Waals surface area (Å²) in [7, 11) is 0. The summed E-state index contributed by atoms with van der Waals surface area (Å²) >= 11 is 0. The molecule has 21 heavy (non-hydrogen) atoms. The Kier molecular flexibility index (Phi) is 5.88. The Bertz CT molecular complexity index is 489. The molecule has 0 fully saturated rings. The fourth-order valence-corrected chi connectivity index (χ4v) is 2.59. The van der Waals surface area contributed by atoms with Crippen molar-refractivity contribution in [2.75, 3.05) is 6.54 Å². The van der Waals surface area contributed by atoms with Crippen LogP contribution in [0.15, 0.2) is 48.5 Å². The second kappa shape index (κ2) is 7.89. The lowest BCUT2D eigenvalue weighted by atomic mass is 9.87. The van der Waals surface area contributed by atoms with Gasteiger partial charge in [0, 0.05) is 5.92 Å². The van der Waals surface area contributed by atoms with E-state index in [4.69, 9.17) is 5.73 Å². The molecule has 0 heterocycles. The normalized spacial score (nSPS) is 11.0. The van der Waals surface area contributed by atoms with E-state index in [1.165, 1.54) is 24.3 Å². The Hall–Kier alpha value is -1.74. The number of halogens is 2. The van der Waals surface area contributed by atoms with Gasteiger partial charge in [-0.2, -0.15) is 0 Å². The number of rotatable bonds is 7. The van der Waals surface area contributed by atoms with E-state index in [0.29, 0.717) is 6.54 Å². The van der Waals surface area contributed by atoms with Crippen LogP contribution in [0.5, 0.6) is 0 Å². The smallest absolute Gasteiger partial charge is 0.123 e. The molecule has 3 heteroatoms. The molecular formula is C18H21F2N. The van der Waals surface area contributed by atoms with Crippen LogP contribution in [0.25, 0.3) is 0 Å². The third-order valence-corrected chi connectivity index (χ3v) is 3.74. The van der Waals surface area contributed by atoms with Crippen molar-refractivity contribution < 1.29 is 8.78 Å². The summed E-state index contributed by atoms with van der Waals surface area (Å²) in [4.78, 5) is 0. The van der Waals surface area contributed by atoms with Crippen LogP contribution in [0.3, 0.4) is 0 Å². The first-order chi connectivity index (χ1) is 10.2. The average molecular weight is 289 g/mol. The van der Waals surface area contributed by atoms with Gasteiger partial charge in [-0.1, -0.05) is 37.1 Å². The fourth-order valence-electron chi connectivity index (χ4n) is 2.59. The predicted molar refractivity (Wildman–Crippen MR) is 82.2 cm³/mol. The Morgan fingerprint density at radius 2 is 1.19 bits per heavy atom. The minimum Gasteiger partial charge on any atom is -0.330 e. The molecule has 0 atom stereocenters. The van der Waals surface area contributed by atoms with Crippen molar-refractivity contribution >= 4 is 0 Å². The van der Waals surface area contributed by atoms with Gasteiger partial charge >= 0.3 is 0 Å². The highest BCUT2D eigenvalue weighted by Crippen LogP contribution is 2.30. The van der Waals surface area contributed by atoms with E-state index >= 15 is 0 Å².